The molecule has 0 aliphatic carbocycles. The first-order chi connectivity index (χ1) is 17.2. The fourth-order valence-corrected chi connectivity index (χ4v) is 5.27. The van der Waals surface area contributed by atoms with Gasteiger partial charge in [0.2, 0.25) is 5.78 Å². The third kappa shape index (κ3) is 3.24. The maximum Gasteiger partial charge on any atom is 0.260 e. The molecule has 6 aromatic rings. The largest absolute Gasteiger partial charge is 0.343 e. The highest BCUT2D eigenvalue weighted by Gasteiger charge is 2.41. The lowest BCUT2D eigenvalue weighted by Crippen LogP contribution is -2.40. The molecule has 0 aromatic heterocycles. The quantitative estimate of drug-likeness (QED) is 0.147. The summed E-state index contributed by atoms with van der Waals surface area (Å²) in [6, 6.07) is 36.6. The van der Waals surface area contributed by atoms with Crippen LogP contribution in [0.1, 0.15) is 15.9 Å². The van der Waals surface area contributed by atoms with Gasteiger partial charge in [-0.3, -0.25) is 4.79 Å². The summed E-state index contributed by atoms with van der Waals surface area (Å²) in [7, 11) is 3.00. The fraction of sp³-hybridized carbons (Fsp3) is 0.0938. The molecule has 6 aromatic carbocycles. The van der Waals surface area contributed by atoms with Crippen molar-refractivity contribution in [3.8, 4) is 11.1 Å². The average Bonchev–Trinajstić information content (AvgIpc) is 2.93. The molecule has 0 aliphatic heterocycles. The molecular formula is C32H24O3. The Kier molecular flexibility index (Phi) is 5.10. The van der Waals surface area contributed by atoms with Gasteiger partial charge in [0.25, 0.3) is 5.79 Å². The molecule has 0 spiro atoms. The van der Waals surface area contributed by atoms with E-state index in [1.54, 1.807) is 12.1 Å². The predicted octanol–water partition coefficient (Wildman–Crippen LogP) is 7.58. The number of Topliss-reactive ketones (excluding diaryl/α,β-unsaturated/α-hetero) is 1. The lowest BCUT2D eigenvalue weighted by molar-refractivity contribution is -0.176. The Balaban J connectivity index is 1.48. The molecule has 6 rings (SSSR count). The summed E-state index contributed by atoms with van der Waals surface area (Å²) in [5.74, 6) is -1.75. The normalized spacial score (nSPS) is 12.1. The van der Waals surface area contributed by atoms with Crippen molar-refractivity contribution in [2.45, 2.75) is 5.79 Å². The number of carbonyl (C=O) groups is 1. The number of benzene rings is 6. The first-order valence-electron chi connectivity index (χ1n) is 11.6. The Bertz CT molecular complexity index is 1650. The summed E-state index contributed by atoms with van der Waals surface area (Å²) in [6.45, 7) is 0. The van der Waals surface area contributed by atoms with Gasteiger partial charge in [0, 0.05) is 25.3 Å². The number of ether oxygens (including phenoxy) is 2. The van der Waals surface area contributed by atoms with Gasteiger partial charge in [0.1, 0.15) is 0 Å². The van der Waals surface area contributed by atoms with E-state index in [0.717, 1.165) is 11.1 Å². The van der Waals surface area contributed by atoms with Gasteiger partial charge in [-0.25, -0.2) is 0 Å². The van der Waals surface area contributed by atoms with E-state index in [1.165, 1.54) is 46.5 Å². The smallest absolute Gasteiger partial charge is 0.260 e. The van der Waals surface area contributed by atoms with Crippen molar-refractivity contribution in [3.63, 3.8) is 0 Å². The van der Waals surface area contributed by atoms with Crippen LogP contribution >= 0.6 is 0 Å². The Morgan fingerprint density at radius 1 is 0.600 bits per heavy atom. The predicted molar refractivity (Wildman–Crippen MR) is 142 cm³/mol. The van der Waals surface area contributed by atoms with E-state index in [4.69, 9.17) is 9.47 Å². The molecule has 0 amide bonds. The summed E-state index contributed by atoms with van der Waals surface area (Å²) >= 11 is 0. The van der Waals surface area contributed by atoms with Crippen LogP contribution in [0.3, 0.4) is 0 Å². The van der Waals surface area contributed by atoms with Crippen LogP contribution in [0.25, 0.3) is 43.4 Å². The van der Waals surface area contributed by atoms with Crippen molar-refractivity contribution < 1.29 is 14.3 Å². The highest BCUT2D eigenvalue weighted by Crippen LogP contribution is 2.40. The molecule has 0 N–H and O–H groups in total. The molecule has 35 heavy (non-hydrogen) atoms. The van der Waals surface area contributed by atoms with E-state index in [2.05, 4.69) is 54.6 Å². The van der Waals surface area contributed by atoms with Crippen LogP contribution in [-0.4, -0.2) is 20.0 Å². The Labute approximate surface area is 203 Å². The maximum atomic E-state index is 13.4. The van der Waals surface area contributed by atoms with E-state index in [9.17, 15) is 4.79 Å². The SMILES string of the molecule is COC(OC)(C(=O)c1ccccc1)c1ccc(-c2ccc3ccc4cccc5ccc2c3c45)cc1. The highest BCUT2D eigenvalue weighted by molar-refractivity contribution is 6.25. The minimum atomic E-state index is -1.51. The first-order valence-corrected chi connectivity index (χ1v) is 11.6. The summed E-state index contributed by atoms with van der Waals surface area (Å²) in [4.78, 5) is 13.4. The monoisotopic (exact) mass is 456 g/mol. The zero-order chi connectivity index (χ0) is 24.0. The summed E-state index contributed by atoms with van der Waals surface area (Å²) in [5, 5.41) is 7.52. The summed E-state index contributed by atoms with van der Waals surface area (Å²) < 4.78 is 11.4. The lowest BCUT2D eigenvalue weighted by atomic mass is 9.89. The van der Waals surface area contributed by atoms with Gasteiger partial charge in [-0.1, -0.05) is 109 Å². The Morgan fingerprint density at radius 2 is 1.20 bits per heavy atom. The number of hydrogen-bond acceptors (Lipinski definition) is 3. The molecule has 3 heteroatoms. The summed E-state index contributed by atoms with van der Waals surface area (Å²) in [5.41, 5.74) is 3.40. The first kappa shape index (κ1) is 21.5. The van der Waals surface area contributed by atoms with E-state index in [-0.39, 0.29) is 5.78 Å². The molecule has 0 bridgehead atoms. The molecule has 0 aliphatic rings. The van der Waals surface area contributed by atoms with Gasteiger partial charge < -0.3 is 9.47 Å². The standard InChI is InChI=1S/C32H24O3/c1-34-32(35-2,31(33)25-7-4-3-5-8-25)26-17-13-21(14-18-26)27-19-15-24-12-11-22-9-6-10-23-16-20-28(27)30(24)29(22)23/h3-20H,1-2H3. The number of methoxy groups -OCH3 is 2. The number of rotatable bonds is 6. The van der Waals surface area contributed by atoms with E-state index < -0.39 is 5.79 Å². The van der Waals surface area contributed by atoms with Gasteiger partial charge in [-0.05, 0) is 43.4 Å². The second-order valence-corrected chi connectivity index (χ2v) is 8.77. The third-order valence-electron chi connectivity index (χ3n) is 7.01. The second kappa shape index (κ2) is 8.31. The van der Waals surface area contributed by atoms with Gasteiger partial charge in [-0.2, -0.15) is 0 Å². The van der Waals surface area contributed by atoms with Crippen molar-refractivity contribution in [1.29, 1.82) is 0 Å². The van der Waals surface area contributed by atoms with Crippen LogP contribution < -0.4 is 0 Å². The second-order valence-electron chi connectivity index (χ2n) is 8.77. The highest BCUT2D eigenvalue weighted by atomic mass is 16.7. The van der Waals surface area contributed by atoms with Crippen LogP contribution in [0.15, 0.2) is 109 Å². The molecule has 0 radical (unpaired) electrons. The number of ketones is 1. The van der Waals surface area contributed by atoms with Crippen LogP contribution in [0, 0.1) is 0 Å². The van der Waals surface area contributed by atoms with E-state index in [0.29, 0.717) is 11.1 Å². The van der Waals surface area contributed by atoms with Crippen LogP contribution in [0.4, 0.5) is 0 Å². The molecule has 0 saturated carbocycles. The van der Waals surface area contributed by atoms with Crippen LogP contribution in [-0.2, 0) is 15.3 Å². The van der Waals surface area contributed by atoms with E-state index in [1.807, 2.05) is 42.5 Å². The van der Waals surface area contributed by atoms with Crippen molar-refractivity contribution in [2.24, 2.45) is 0 Å². The molecule has 0 saturated heterocycles. The Morgan fingerprint density at radius 3 is 1.86 bits per heavy atom. The molecule has 0 heterocycles. The zero-order valence-corrected chi connectivity index (χ0v) is 19.6. The topological polar surface area (TPSA) is 35.5 Å². The average molecular weight is 457 g/mol. The zero-order valence-electron chi connectivity index (χ0n) is 19.6. The Hall–Kier alpha value is -4.05. The molecule has 170 valence electrons. The minimum Gasteiger partial charge on any atom is -0.343 e. The number of hydrogen-bond donors (Lipinski definition) is 0. The van der Waals surface area contributed by atoms with Crippen molar-refractivity contribution in [3.05, 3.63) is 120 Å². The molecule has 0 fully saturated rings. The molecule has 0 atom stereocenters. The van der Waals surface area contributed by atoms with Crippen molar-refractivity contribution in [1.82, 2.24) is 0 Å². The van der Waals surface area contributed by atoms with Crippen LogP contribution in [0.5, 0.6) is 0 Å². The molecular weight excluding hydrogens is 432 g/mol. The minimum absolute atomic E-state index is 0.237. The van der Waals surface area contributed by atoms with Gasteiger partial charge >= 0.3 is 0 Å². The van der Waals surface area contributed by atoms with E-state index >= 15 is 0 Å². The van der Waals surface area contributed by atoms with Gasteiger partial charge in [0.05, 0.1) is 0 Å². The lowest BCUT2D eigenvalue weighted by Gasteiger charge is -2.30. The van der Waals surface area contributed by atoms with Crippen molar-refractivity contribution in [2.75, 3.05) is 14.2 Å². The van der Waals surface area contributed by atoms with Crippen molar-refractivity contribution >= 4 is 38.1 Å². The van der Waals surface area contributed by atoms with Gasteiger partial charge in [0.15, 0.2) is 0 Å². The molecule has 0 unspecified atom stereocenters. The maximum absolute atomic E-state index is 13.4. The number of carbonyl (C=O) groups excluding carboxylic acids is 1. The summed E-state index contributed by atoms with van der Waals surface area (Å²) in [6.07, 6.45) is 0. The van der Waals surface area contributed by atoms with Crippen LogP contribution in [0.2, 0.25) is 0 Å². The van der Waals surface area contributed by atoms with Gasteiger partial charge in [-0.15, -0.1) is 0 Å². The molecule has 3 nitrogen and oxygen atoms in total. The fourth-order valence-electron chi connectivity index (χ4n) is 5.27. The third-order valence-corrected chi connectivity index (χ3v) is 7.01.